The molecule has 2 aromatic carbocycles. The second-order valence-corrected chi connectivity index (χ2v) is 11.7. The molecule has 0 aliphatic rings. The molecule has 0 unspecified atom stereocenters. The number of benzene rings is 2. The minimum absolute atomic E-state index is 0.0473. The quantitative estimate of drug-likeness (QED) is 0.306. The summed E-state index contributed by atoms with van der Waals surface area (Å²) in [6, 6.07) is 14.2. The van der Waals surface area contributed by atoms with Crippen LogP contribution in [0.3, 0.4) is 0 Å². The van der Waals surface area contributed by atoms with Crippen molar-refractivity contribution in [2.45, 2.75) is 13.3 Å². The Morgan fingerprint density at radius 1 is 1.00 bits per heavy atom. The first-order valence-corrected chi connectivity index (χ1v) is 14.0. The van der Waals surface area contributed by atoms with Crippen LogP contribution in [0.1, 0.15) is 11.1 Å². The number of fused-ring (bicyclic) bond motifs is 2. The molecule has 190 valence electrons. The van der Waals surface area contributed by atoms with E-state index in [-0.39, 0.29) is 12.2 Å². The van der Waals surface area contributed by atoms with E-state index in [0.29, 0.717) is 28.2 Å². The van der Waals surface area contributed by atoms with Crippen LogP contribution in [0.5, 0.6) is 0 Å². The van der Waals surface area contributed by atoms with Crippen molar-refractivity contribution in [3.63, 3.8) is 0 Å². The molecule has 4 heterocycles. The van der Waals surface area contributed by atoms with Gasteiger partial charge in [-0.1, -0.05) is 18.2 Å². The highest BCUT2D eigenvalue weighted by atomic mass is 32.2. The Labute approximate surface area is 217 Å². The van der Waals surface area contributed by atoms with E-state index in [1.54, 1.807) is 18.6 Å². The highest BCUT2D eigenvalue weighted by molar-refractivity contribution is 7.90. The van der Waals surface area contributed by atoms with Crippen molar-refractivity contribution >= 4 is 31.8 Å². The molecule has 0 atom stereocenters. The number of hydrogen-bond donors (Lipinski definition) is 2. The smallest absolute Gasteiger partial charge is 0.159 e. The second-order valence-electron chi connectivity index (χ2n) is 9.39. The second kappa shape index (κ2) is 9.14. The summed E-state index contributed by atoms with van der Waals surface area (Å²) in [4.78, 5) is 17.0. The SMILES string of the molecule is Cc1ccncc1-c1cc2c(-c3nc4c(-c5cc(F)cc(CCS(C)(=O)=O)c5)cccc4[nH]3)n[nH]c2cn1. The van der Waals surface area contributed by atoms with Gasteiger partial charge in [0.25, 0.3) is 0 Å². The van der Waals surface area contributed by atoms with Crippen LogP contribution in [-0.4, -0.2) is 50.6 Å². The average Bonchev–Trinajstić information content (AvgIpc) is 3.50. The predicted octanol–water partition coefficient (Wildman–Crippen LogP) is 5.26. The van der Waals surface area contributed by atoms with E-state index in [1.165, 1.54) is 18.4 Å². The van der Waals surface area contributed by atoms with Crippen LogP contribution in [0.4, 0.5) is 4.39 Å². The van der Waals surface area contributed by atoms with Crippen molar-refractivity contribution in [1.82, 2.24) is 30.1 Å². The summed E-state index contributed by atoms with van der Waals surface area (Å²) in [6.45, 7) is 2.01. The molecule has 0 saturated carbocycles. The summed E-state index contributed by atoms with van der Waals surface area (Å²) in [6.07, 6.45) is 6.69. The Morgan fingerprint density at radius 3 is 2.68 bits per heavy atom. The summed E-state index contributed by atoms with van der Waals surface area (Å²) < 4.78 is 37.8. The number of para-hydroxylation sites is 1. The molecule has 4 aromatic heterocycles. The topological polar surface area (TPSA) is 117 Å². The fourth-order valence-electron chi connectivity index (χ4n) is 4.61. The van der Waals surface area contributed by atoms with Crippen LogP contribution in [0, 0.1) is 12.7 Å². The number of aromatic amines is 2. The largest absolute Gasteiger partial charge is 0.337 e. The van der Waals surface area contributed by atoms with E-state index in [4.69, 9.17) is 4.98 Å². The first-order chi connectivity index (χ1) is 18.2. The number of aromatic nitrogens is 6. The normalized spacial score (nSPS) is 12.0. The van der Waals surface area contributed by atoms with E-state index in [0.717, 1.165) is 38.8 Å². The maximum Gasteiger partial charge on any atom is 0.159 e. The number of nitrogens with one attached hydrogen (secondary N) is 2. The average molecular weight is 527 g/mol. The zero-order chi connectivity index (χ0) is 26.4. The van der Waals surface area contributed by atoms with E-state index in [2.05, 4.69) is 25.1 Å². The number of rotatable bonds is 6. The fourth-order valence-corrected chi connectivity index (χ4v) is 5.21. The third-order valence-electron chi connectivity index (χ3n) is 6.53. The Hall–Kier alpha value is -4.44. The minimum atomic E-state index is -3.17. The Morgan fingerprint density at radius 2 is 1.87 bits per heavy atom. The molecule has 0 bridgehead atoms. The van der Waals surface area contributed by atoms with E-state index >= 15 is 0 Å². The predicted molar refractivity (Wildman–Crippen MR) is 146 cm³/mol. The van der Waals surface area contributed by atoms with Gasteiger partial charge in [-0.2, -0.15) is 5.10 Å². The lowest BCUT2D eigenvalue weighted by molar-refractivity contribution is 0.600. The number of sulfone groups is 1. The van der Waals surface area contributed by atoms with E-state index in [1.807, 2.05) is 43.3 Å². The van der Waals surface area contributed by atoms with Crippen molar-refractivity contribution in [3.8, 4) is 33.9 Å². The monoisotopic (exact) mass is 526 g/mol. The molecule has 0 fully saturated rings. The van der Waals surface area contributed by atoms with Crippen molar-refractivity contribution in [2.75, 3.05) is 12.0 Å². The van der Waals surface area contributed by atoms with Crippen molar-refractivity contribution in [3.05, 3.63) is 84.1 Å². The van der Waals surface area contributed by atoms with Gasteiger partial charge in [-0.3, -0.25) is 15.1 Å². The van der Waals surface area contributed by atoms with Gasteiger partial charge in [0.15, 0.2) is 5.82 Å². The van der Waals surface area contributed by atoms with Gasteiger partial charge in [-0.15, -0.1) is 0 Å². The standard InChI is InChI=1S/C28H23FN6O2S/c1-16-6-8-30-14-22(16)24-13-21-25(15-31-24)34-35-27(21)28-32-23-5-3-4-20(26(23)33-28)18-10-17(11-19(29)12-18)7-9-38(2,36)37/h3-6,8,10-15H,7,9H2,1-2H3,(H,32,33)(H,34,35). The number of imidazole rings is 1. The molecular weight excluding hydrogens is 503 g/mol. The lowest BCUT2D eigenvalue weighted by Crippen LogP contribution is -2.06. The molecule has 0 aliphatic heterocycles. The molecule has 0 amide bonds. The molecule has 8 nitrogen and oxygen atoms in total. The van der Waals surface area contributed by atoms with Crippen LogP contribution in [0.2, 0.25) is 0 Å². The van der Waals surface area contributed by atoms with Crippen molar-refractivity contribution < 1.29 is 12.8 Å². The van der Waals surface area contributed by atoms with Crippen LogP contribution in [0.15, 0.2) is 67.1 Å². The summed E-state index contributed by atoms with van der Waals surface area (Å²) in [5.41, 5.74) is 7.60. The molecule has 0 spiro atoms. The molecule has 38 heavy (non-hydrogen) atoms. The Bertz CT molecular complexity index is 1940. The number of H-pyrrole nitrogens is 2. The van der Waals surface area contributed by atoms with Gasteiger partial charge in [-0.05, 0) is 60.4 Å². The maximum absolute atomic E-state index is 14.5. The van der Waals surface area contributed by atoms with Crippen LogP contribution in [-0.2, 0) is 16.3 Å². The molecule has 6 aromatic rings. The van der Waals surface area contributed by atoms with Gasteiger partial charge in [-0.25, -0.2) is 17.8 Å². The molecule has 0 saturated heterocycles. The minimum Gasteiger partial charge on any atom is -0.337 e. The first-order valence-electron chi connectivity index (χ1n) is 12.0. The van der Waals surface area contributed by atoms with Gasteiger partial charge in [0.05, 0.1) is 34.2 Å². The van der Waals surface area contributed by atoms with Gasteiger partial charge in [0, 0.05) is 35.2 Å². The summed E-state index contributed by atoms with van der Waals surface area (Å²) in [5, 5.41) is 8.38. The van der Waals surface area contributed by atoms with Gasteiger partial charge in [0.1, 0.15) is 21.3 Å². The summed E-state index contributed by atoms with van der Waals surface area (Å²) in [5.74, 6) is 0.0872. The first kappa shape index (κ1) is 23.9. The summed E-state index contributed by atoms with van der Waals surface area (Å²) >= 11 is 0. The zero-order valence-electron chi connectivity index (χ0n) is 20.7. The molecular formula is C28H23FN6O2S. The molecule has 0 radical (unpaired) electrons. The van der Waals surface area contributed by atoms with E-state index < -0.39 is 15.7 Å². The van der Waals surface area contributed by atoms with Crippen molar-refractivity contribution in [1.29, 1.82) is 0 Å². The molecule has 6 rings (SSSR count). The fraction of sp³-hybridized carbons (Fsp3) is 0.143. The summed E-state index contributed by atoms with van der Waals surface area (Å²) in [7, 11) is -3.17. The Kier molecular flexibility index (Phi) is 5.76. The lowest BCUT2D eigenvalue weighted by atomic mass is 10.0. The van der Waals surface area contributed by atoms with E-state index in [9.17, 15) is 12.8 Å². The zero-order valence-corrected chi connectivity index (χ0v) is 21.5. The number of pyridine rings is 2. The third-order valence-corrected chi connectivity index (χ3v) is 7.48. The van der Waals surface area contributed by atoms with Crippen LogP contribution >= 0.6 is 0 Å². The number of halogens is 1. The number of aryl methyl sites for hydroxylation is 2. The highest BCUT2D eigenvalue weighted by Gasteiger charge is 2.17. The van der Waals surface area contributed by atoms with Crippen molar-refractivity contribution in [2.24, 2.45) is 0 Å². The number of hydrogen-bond acceptors (Lipinski definition) is 6. The van der Waals surface area contributed by atoms with Crippen LogP contribution in [0.25, 0.3) is 55.8 Å². The van der Waals surface area contributed by atoms with Gasteiger partial charge >= 0.3 is 0 Å². The van der Waals surface area contributed by atoms with Gasteiger partial charge in [0.2, 0.25) is 0 Å². The lowest BCUT2D eigenvalue weighted by Gasteiger charge is -2.07. The van der Waals surface area contributed by atoms with Crippen LogP contribution < -0.4 is 0 Å². The molecule has 2 N–H and O–H groups in total. The Balaban J connectivity index is 1.44. The maximum atomic E-state index is 14.5. The number of nitrogens with zero attached hydrogens (tertiary/aromatic N) is 4. The third kappa shape index (κ3) is 4.54. The van der Waals surface area contributed by atoms with Gasteiger partial charge < -0.3 is 4.98 Å². The molecule has 10 heteroatoms. The highest BCUT2D eigenvalue weighted by Crippen LogP contribution is 2.33. The molecule has 0 aliphatic carbocycles.